The van der Waals surface area contributed by atoms with Crippen LogP contribution in [0.3, 0.4) is 0 Å². The van der Waals surface area contributed by atoms with Crippen LogP contribution in [0.25, 0.3) is 33.4 Å². The Morgan fingerprint density at radius 1 is 1.03 bits per heavy atom. The Labute approximate surface area is 178 Å². The van der Waals surface area contributed by atoms with Crippen molar-refractivity contribution >= 4 is 33.7 Å². The first-order chi connectivity index (χ1) is 15.1. The second kappa shape index (κ2) is 7.43. The summed E-state index contributed by atoms with van der Waals surface area (Å²) in [4.78, 5) is 22.1. The number of ether oxygens (including phenoxy) is 2. The van der Waals surface area contributed by atoms with Gasteiger partial charge in [-0.2, -0.15) is 0 Å². The lowest BCUT2D eigenvalue weighted by Gasteiger charge is -2.09. The summed E-state index contributed by atoms with van der Waals surface area (Å²) in [5, 5.41) is 0.706. The monoisotopic (exact) mass is 414 g/mol. The number of para-hydroxylation sites is 2. The average molecular weight is 414 g/mol. The number of carbonyl (C=O) groups is 1. The highest BCUT2D eigenvalue weighted by Crippen LogP contribution is 2.35. The van der Waals surface area contributed by atoms with Crippen LogP contribution >= 0.6 is 0 Å². The van der Waals surface area contributed by atoms with Crippen LogP contribution in [0.15, 0.2) is 54.7 Å². The maximum absolute atomic E-state index is 12.2. The highest BCUT2D eigenvalue weighted by molar-refractivity contribution is 6.01. The van der Waals surface area contributed by atoms with Crippen LogP contribution in [0.5, 0.6) is 11.5 Å². The van der Waals surface area contributed by atoms with Gasteiger partial charge in [0, 0.05) is 18.9 Å². The molecule has 31 heavy (non-hydrogen) atoms. The molecule has 0 aliphatic carbocycles. The number of nitrogens with zero attached hydrogens (tertiary/aromatic N) is 4. The summed E-state index contributed by atoms with van der Waals surface area (Å²) in [5.41, 5.74) is 4.12. The summed E-state index contributed by atoms with van der Waals surface area (Å²) in [6, 6.07) is 15.6. The molecule has 0 amide bonds. The summed E-state index contributed by atoms with van der Waals surface area (Å²) in [6.45, 7) is 3.84. The Kier molecular flexibility index (Phi) is 4.58. The van der Waals surface area contributed by atoms with Gasteiger partial charge in [0.25, 0.3) is 0 Å². The lowest BCUT2D eigenvalue weighted by Crippen LogP contribution is -2.06. The molecule has 5 rings (SSSR count). The van der Waals surface area contributed by atoms with Crippen molar-refractivity contribution in [2.24, 2.45) is 0 Å². The Bertz CT molecular complexity index is 1450. The molecule has 0 aliphatic rings. The van der Waals surface area contributed by atoms with E-state index in [4.69, 9.17) is 19.4 Å². The van der Waals surface area contributed by atoms with Crippen molar-refractivity contribution in [1.29, 1.82) is 0 Å². The zero-order valence-corrected chi connectivity index (χ0v) is 17.6. The van der Waals surface area contributed by atoms with Gasteiger partial charge < -0.3 is 9.47 Å². The predicted octanol–water partition coefficient (Wildman–Crippen LogP) is 4.71. The molecule has 2 aromatic carbocycles. The molecule has 7 heteroatoms. The summed E-state index contributed by atoms with van der Waals surface area (Å²) >= 11 is 0. The molecule has 7 nitrogen and oxygen atoms in total. The van der Waals surface area contributed by atoms with Crippen LogP contribution in [0.1, 0.15) is 26.1 Å². The average Bonchev–Trinajstić information content (AvgIpc) is 3.37. The van der Waals surface area contributed by atoms with Crippen molar-refractivity contribution in [2.75, 3.05) is 7.11 Å². The maximum atomic E-state index is 12.2. The molecular formula is C24H22N4O3. The van der Waals surface area contributed by atoms with Gasteiger partial charge in [-0.05, 0) is 24.3 Å². The van der Waals surface area contributed by atoms with E-state index in [1.807, 2.05) is 53.1 Å². The van der Waals surface area contributed by atoms with E-state index in [0.717, 1.165) is 40.4 Å². The molecule has 0 unspecified atom stereocenters. The molecule has 3 aromatic heterocycles. The Morgan fingerprint density at radius 2 is 1.87 bits per heavy atom. The molecule has 0 radical (unpaired) electrons. The first-order valence-corrected chi connectivity index (χ1v) is 10.3. The van der Waals surface area contributed by atoms with Crippen LogP contribution < -0.4 is 9.47 Å². The zero-order valence-electron chi connectivity index (χ0n) is 17.6. The number of hydrogen-bond donors (Lipinski definition) is 0. The minimum absolute atomic E-state index is 0.277. The Hall–Kier alpha value is -3.87. The fourth-order valence-corrected chi connectivity index (χ4v) is 3.89. The van der Waals surface area contributed by atoms with Crippen molar-refractivity contribution in [3.05, 3.63) is 60.6 Å². The first-order valence-electron chi connectivity index (χ1n) is 10.3. The summed E-state index contributed by atoms with van der Waals surface area (Å²) in [7, 11) is 1.63. The standard InChI is InChI=1S/C24H22N4O3/c1-4-20-26-23-22(24-25-17-11-6-7-12-18(17)28(20)24)19(31-21(29)5-2)14-27(23)15-9-8-10-16(13-15)30-3/h6-14H,4-5H2,1-3H3. The van der Waals surface area contributed by atoms with E-state index in [1.165, 1.54) is 0 Å². The fraction of sp³-hybridized carbons (Fsp3) is 0.208. The van der Waals surface area contributed by atoms with E-state index in [2.05, 4.69) is 11.3 Å². The van der Waals surface area contributed by atoms with E-state index in [0.29, 0.717) is 16.8 Å². The van der Waals surface area contributed by atoms with Gasteiger partial charge in [-0.1, -0.05) is 32.0 Å². The van der Waals surface area contributed by atoms with Crippen LogP contribution in [0, 0.1) is 0 Å². The van der Waals surface area contributed by atoms with Crippen LogP contribution in [-0.2, 0) is 11.2 Å². The third-order valence-electron chi connectivity index (χ3n) is 5.38. The van der Waals surface area contributed by atoms with Gasteiger partial charge in [-0.25, -0.2) is 9.97 Å². The highest BCUT2D eigenvalue weighted by atomic mass is 16.5. The van der Waals surface area contributed by atoms with Crippen molar-refractivity contribution in [3.8, 4) is 17.2 Å². The zero-order chi connectivity index (χ0) is 21.5. The molecular weight excluding hydrogens is 392 g/mol. The lowest BCUT2D eigenvalue weighted by atomic mass is 10.3. The van der Waals surface area contributed by atoms with Gasteiger partial charge in [-0.15, -0.1) is 0 Å². The fourth-order valence-electron chi connectivity index (χ4n) is 3.89. The number of rotatable bonds is 5. The molecule has 0 saturated heterocycles. The lowest BCUT2D eigenvalue weighted by molar-refractivity contribution is -0.133. The number of aryl methyl sites for hydroxylation is 1. The van der Waals surface area contributed by atoms with Crippen molar-refractivity contribution < 1.29 is 14.3 Å². The van der Waals surface area contributed by atoms with E-state index in [9.17, 15) is 4.79 Å². The largest absolute Gasteiger partial charge is 0.497 e. The molecule has 5 aromatic rings. The molecule has 0 atom stereocenters. The first kappa shape index (κ1) is 19.1. The third kappa shape index (κ3) is 3.01. The topological polar surface area (TPSA) is 70.7 Å². The normalized spacial score (nSPS) is 11.5. The van der Waals surface area contributed by atoms with E-state index in [1.54, 1.807) is 20.2 Å². The van der Waals surface area contributed by atoms with Gasteiger partial charge in [0.1, 0.15) is 17.0 Å². The molecule has 0 bridgehead atoms. The van der Waals surface area contributed by atoms with E-state index < -0.39 is 0 Å². The Balaban J connectivity index is 1.91. The number of fused-ring (bicyclic) bond motifs is 5. The van der Waals surface area contributed by atoms with Crippen molar-refractivity contribution in [2.45, 2.75) is 26.7 Å². The van der Waals surface area contributed by atoms with E-state index in [-0.39, 0.29) is 12.4 Å². The number of esters is 1. The smallest absolute Gasteiger partial charge is 0.310 e. The SMILES string of the molecule is CCC(=O)Oc1cn(-c2cccc(OC)c2)c2nc(CC)n3c4ccccc4nc3c12. The van der Waals surface area contributed by atoms with Crippen LogP contribution in [0.4, 0.5) is 0 Å². The van der Waals surface area contributed by atoms with Crippen LogP contribution in [-0.4, -0.2) is 32.0 Å². The van der Waals surface area contributed by atoms with Gasteiger partial charge >= 0.3 is 5.97 Å². The summed E-state index contributed by atoms with van der Waals surface area (Å²) in [5.74, 6) is 1.75. The van der Waals surface area contributed by atoms with Gasteiger partial charge in [0.15, 0.2) is 17.0 Å². The number of benzene rings is 2. The predicted molar refractivity (Wildman–Crippen MR) is 119 cm³/mol. The number of carbonyl (C=O) groups excluding carboxylic acids is 1. The molecule has 3 heterocycles. The summed E-state index contributed by atoms with van der Waals surface area (Å²) < 4.78 is 15.1. The number of hydrogen-bond acceptors (Lipinski definition) is 5. The summed E-state index contributed by atoms with van der Waals surface area (Å²) in [6.07, 6.45) is 2.80. The minimum atomic E-state index is -0.307. The third-order valence-corrected chi connectivity index (χ3v) is 5.38. The molecule has 0 N–H and O–H groups in total. The highest BCUT2D eigenvalue weighted by Gasteiger charge is 2.22. The number of methoxy groups -OCH3 is 1. The van der Waals surface area contributed by atoms with Gasteiger partial charge in [0.2, 0.25) is 0 Å². The number of aromatic nitrogens is 4. The molecule has 156 valence electrons. The molecule has 0 aliphatic heterocycles. The number of imidazole rings is 1. The molecule has 0 saturated carbocycles. The van der Waals surface area contributed by atoms with Gasteiger partial charge in [-0.3, -0.25) is 13.8 Å². The molecule has 0 fully saturated rings. The second-order valence-corrected chi connectivity index (χ2v) is 7.23. The van der Waals surface area contributed by atoms with E-state index >= 15 is 0 Å². The quantitative estimate of drug-likeness (QED) is 0.390. The second-order valence-electron chi connectivity index (χ2n) is 7.23. The molecule has 0 spiro atoms. The Morgan fingerprint density at radius 3 is 2.65 bits per heavy atom. The maximum Gasteiger partial charge on any atom is 0.310 e. The minimum Gasteiger partial charge on any atom is -0.497 e. The van der Waals surface area contributed by atoms with Crippen LogP contribution in [0.2, 0.25) is 0 Å². The van der Waals surface area contributed by atoms with Crippen molar-refractivity contribution in [3.63, 3.8) is 0 Å². The van der Waals surface area contributed by atoms with Crippen molar-refractivity contribution in [1.82, 2.24) is 18.9 Å². The van der Waals surface area contributed by atoms with Gasteiger partial charge in [0.05, 0.1) is 30.0 Å².